The molecule has 0 amide bonds. The molecule has 1 aromatic carbocycles. The molecule has 3 nitrogen and oxygen atoms in total. The Bertz CT molecular complexity index is 411. The van der Waals surface area contributed by atoms with E-state index < -0.39 is 0 Å². The zero-order chi connectivity index (χ0) is 14.5. The zero-order valence-corrected chi connectivity index (χ0v) is 13.0. The first kappa shape index (κ1) is 15.3. The van der Waals surface area contributed by atoms with Gasteiger partial charge in [0.25, 0.3) is 0 Å². The topological polar surface area (TPSA) is 38.5 Å². The van der Waals surface area contributed by atoms with Crippen LogP contribution in [0.15, 0.2) is 24.3 Å². The van der Waals surface area contributed by atoms with Gasteiger partial charge in [-0.15, -0.1) is 0 Å². The largest absolute Gasteiger partial charge is 0.494 e. The Morgan fingerprint density at radius 3 is 2.50 bits per heavy atom. The molecule has 2 N–H and O–H groups in total. The first-order valence-electron chi connectivity index (χ1n) is 7.81. The van der Waals surface area contributed by atoms with Crippen LogP contribution in [0.25, 0.3) is 0 Å². The molecule has 20 heavy (non-hydrogen) atoms. The molecule has 1 saturated heterocycles. The van der Waals surface area contributed by atoms with Crippen LogP contribution < -0.4 is 10.5 Å². The van der Waals surface area contributed by atoms with Crippen LogP contribution >= 0.6 is 0 Å². The third-order valence-corrected chi connectivity index (χ3v) is 4.14. The van der Waals surface area contributed by atoms with E-state index in [9.17, 15) is 0 Å². The van der Waals surface area contributed by atoms with E-state index in [-0.39, 0.29) is 6.04 Å². The van der Waals surface area contributed by atoms with Gasteiger partial charge in [-0.3, -0.25) is 4.90 Å². The Hall–Kier alpha value is -1.06. The second-order valence-corrected chi connectivity index (χ2v) is 6.12. The fourth-order valence-electron chi connectivity index (χ4n) is 3.48. The van der Waals surface area contributed by atoms with Gasteiger partial charge in [0.15, 0.2) is 0 Å². The Labute approximate surface area is 123 Å². The minimum atomic E-state index is 0.267. The third-order valence-electron chi connectivity index (χ3n) is 4.14. The minimum Gasteiger partial charge on any atom is -0.494 e. The van der Waals surface area contributed by atoms with E-state index in [1.165, 1.54) is 12.0 Å². The van der Waals surface area contributed by atoms with Crippen LogP contribution in [0.1, 0.15) is 38.8 Å². The number of ether oxygens (including phenoxy) is 1. The maximum atomic E-state index is 6.09. The summed E-state index contributed by atoms with van der Waals surface area (Å²) in [6, 6.07) is 8.59. The highest BCUT2D eigenvalue weighted by atomic mass is 16.5. The van der Waals surface area contributed by atoms with Crippen molar-refractivity contribution in [3.8, 4) is 5.75 Å². The highest BCUT2D eigenvalue weighted by Crippen LogP contribution is 2.33. The SMILES string of the molecule is CCOc1ccccc1C(CN)N1C[C@H](C)C[C@H](C)C1. The summed E-state index contributed by atoms with van der Waals surface area (Å²) in [5, 5.41) is 0. The molecule has 3 heteroatoms. The lowest BCUT2D eigenvalue weighted by Gasteiger charge is -2.40. The molecule has 1 aliphatic heterocycles. The van der Waals surface area contributed by atoms with Crippen molar-refractivity contribution in [1.82, 2.24) is 4.90 Å². The Morgan fingerprint density at radius 1 is 1.25 bits per heavy atom. The highest BCUT2D eigenvalue weighted by Gasteiger charge is 2.29. The molecule has 3 atom stereocenters. The van der Waals surface area contributed by atoms with Crippen molar-refractivity contribution >= 4 is 0 Å². The third kappa shape index (κ3) is 3.53. The van der Waals surface area contributed by atoms with E-state index in [0.29, 0.717) is 13.2 Å². The van der Waals surface area contributed by atoms with E-state index in [2.05, 4.69) is 36.9 Å². The number of hydrogen-bond acceptors (Lipinski definition) is 3. The summed E-state index contributed by atoms with van der Waals surface area (Å²) in [6.07, 6.45) is 1.32. The first-order chi connectivity index (χ1) is 9.65. The van der Waals surface area contributed by atoms with Gasteiger partial charge in [0.2, 0.25) is 0 Å². The number of benzene rings is 1. The van der Waals surface area contributed by atoms with Crippen molar-refractivity contribution in [2.45, 2.75) is 33.2 Å². The van der Waals surface area contributed by atoms with Gasteiger partial charge in [0.05, 0.1) is 12.6 Å². The summed E-state index contributed by atoms with van der Waals surface area (Å²) in [6.45, 7) is 10.3. The van der Waals surface area contributed by atoms with Crippen LogP contribution in [0.5, 0.6) is 5.75 Å². The Morgan fingerprint density at radius 2 is 1.90 bits per heavy atom. The van der Waals surface area contributed by atoms with Crippen LogP contribution in [0.3, 0.4) is 0 Å². The van der Waals surface area contributed by atoms with E-state index in [1.807, 2.05) is 13.0 Å². The van der Waals surface area contributed by atoms with Crippen molar-refractivity contribution in [3.63, 3.8) is 0 Å². The van der Waals surface area contributed by atoms with E-state index in [0.717, 1.165) is 30.7 Å². The lowest BCUT2D eigenvalue weighted by atomic mass is 9.89. The normalized spacial score (nSPS) is 25.4. The number of likely N-dealkylation sites (tertiary alicyclic amines) is 1. The number of hydrogen-bond donors (Lipinski definition) is 1. The van der Waals surface area contributed by atoms with Crippen molar-refractivity contribution in [2.75, 3.05) is 26.2 Å². The summed E-state index contributed by atoms with van der Waals surface area (Å²) < 4.78 is 5.78. The summed E-state index contributed by atoms with van der Waals surface area (Å²) >= 11 is 0. The van der Waals surface area contributed by atoms with E-state index >= 15 is 0 Å². The Balaban J connectivity index is 2.23. The molecular formula is C17H28N2O. The van der Waals surface area contributed by atoms with Crippen LogP contribution in [0.2, 0.25) is 0 Å². The molecule has 0 bridgehead atoms. The van der Waals surface area contributed by atoms with Gasteiger partial charge in [-0.2, -0.15) is 0 Å². The summed E-state index contributed by atoms with van der Waals surface area (Å²) in [7, 11) is 0. The molecule has 1 aliphatic rings. The molecule has 0 saturated carbocycles. The quantitative estimate of drug-likeness (QED) is 0.898. The van der Waals surface area contributed by atoms with Gasteiger partial charge in [0.1, 0.15) is 5.75 Å². The van der Waals surface area contributed by atoms with Gasteiger partial charge in [0, 0.05) is 25.2 Å². The number of piperidine rings is 1. The van der Waals surface area contributed by atoms with Crippen LogP contribution in [0.4, 0.5) is 0 Å². The zero-order valence-electron chi connectivity index (χ0n) is 13.0. The van der Waals surface area contributed by atoms with Crippen molar-refractivity contribution < 1.29 is 4.74 Å². The van der Waals surface area contributed by atoms with E-state index in [1.54, 1.807) is 0 Å². The van der Waals surface area contributed by atoms with Gasteiger partial charge in [-0.1, -0.05) is 32.0 Å². The first-order valence-corrected chi connectivity index (χ1v) is 7.81. The molecule has 2 rings (SSSR count). The van der Waals surface area contributed by atoms with Gasteiger partial charge >= 0.3 is 0 Å². The molecule has 112 valence electrons. The van der Waals surface area contributed by atoms with Gasteiger partial charge < -0.3 is 10.5 Å². The molecule has 0 aromatic heterocycles. The number of rotatable bonds is 5. The lowest BCUT2D eigenvalue weighted by Crippen LogP contribution is -2.43. The fourth-order valence-corrected chi connectivity index (χ4v) is 3.48. The molecular weight excluding hydrogens is 248 g/mol. The molecule has 0 spiro atoms. The second kappa shape index (κ2) is 7.09. The smallest absolute Gasteiger partial charge is 0.124 e. The standard InChI is InChI=1S/C17H28N2O/c1-4-20-17-8-6-5-7-15(17)16(10-18)19-11-13(2)9-14(3)12-19/h5-8,13-14,16H,4,9-12,18H2,1-3H3/t13-,14+,16?. The monoisotopic (exact) mass is 276 g/mol. The van der Waals surface area contributed by atoms with Crippen molar-refractivity contribution in [3.05, 3.63) is 29.8 Å². The van der Waals surface area contributed by atoms with Gasteiger partial charge in [-0.05, 0) is 31.2 Å². The lowest BCUT2D eigenvalue weighted by molar-refractivity contribution is 0.0967. The van der Waals surface area contributed by atoms with Crippen LogP contribution in [-0.2, 0) is 0 Å². The summed E-state index contributed by atoms with van der Waals surface area (Å²) in [5.74, 6) is 2.47. The van der Waals surface area contributed by atoms with Crippen LogP contribution in [0, 0.1) is 11.8 Å². The predicted molar refractivity (Wildman–Crippen MR) is 83.9 cm³/mol. The van der Waals surface area contributed by atoms with Gasteiger partial charge in [-0.25, -0.2) is 0 Å². The molecule has 0 radical (unpaired) electrons. The summed E-state index contributed by atoms with van der Waals surface area (Å²) in [5.41, 5.74) is 7.33. The number of nitrogens with two attached hydrogens (primary N) is 1. The molecule has 1 aromatic rings. The molecule has 1 fully saturated rings. The predicted octanol–water partition coefficient (Wildman–Crippen LogP) is 3.06. The van der Waals surface area contributed by atoms with Crippen molar-refractivity contribution in [1.29, 1.82) is 0 Å². The number of para-hydroxylation sites is 1. The fraction of sp³-hybridized carbons (Fsp3) is 0.647. The average Bonchev–Trinajstić information content (AvgIpc) is 2.41. The van der Waals surface area contributed by atoms with E-state index in [4.69, 9.17) is 10.5 Å². The average molecular weight is 276 g/mol. The Kier molecular flexibility index (Phi) is 5.44. The maximum Gasteiger partial charge on any atom is 0.124 e. The number of nitrogens with zero attached hydrogens (tertiary/aromatic N) is 1. The highest BCUT2D eigenvalue weighted by molar-refractivity contribution is 5.36. The second-order valence-electron chi connectivity index (χ2n) is 6.12. The van der Waals surface area contributed by atoms with Crippen molar-refractivity contribution in [2.24, 2.45) is 17.6 Å². The molecule has 1 unspecified atom stereocenters. The minimum absolute atomic E-state index is 0.267. The maximum absolute atomic E-state index is 6.09. The molecule has 0 aliphatic carbocycles. The summed E-state index contributed by atoms with van der Waals surface area (Å²) in [4.78, 5) is 2.54. The van der Waals surface area contributed by atoms with Crippen LogP contribution in [-0.4, -0.2) is 31.1 Å². The molecule has 1 heterocycles.